The van der Waals surface area contributed by atoms with E-state index < -0.39 is 0 Å². The maximum Gasteiger partial charge on any atom is 0.272 e. The molecule has 1 N–H and O–H groups in total. The van der Waals surface area contributed by atoms with Crippen LogP contribution in [0.25, 0.3) is 0 Å². The summed E-state index contributed by atoms with van der Waals surface area (Å²) in [6.07, 6.45) is 0. The highest BCUT2D eigenvalue weighted by Crippen LogP contribution is 2.28. The molecule has 0 aliphatic carbocycles. The van der Waals surface area contributed by atoms with Crippen LogP contribution in [-0.4, -0.2) is 74.3 Å². The molecule has 3 rings (SSSR count). The average Bonchev–Trinajstić information content (AvgIpc) is 2.73. The summed E-state index contributed by atoms with van der Waals surface area (Å²) in [5, 5.41) is 3.16. The highest BCUT2D eigenvalue weighted by Gasteiger charge is 2.25. The second-order valence-corrected chi connectivity index (χ2v) is 6.56. The largest absolute Gasteiger partial charge is 0.495 e. The normalized spacial score (nSPS) is 14.1. The number of nitrogens with zero attached hydrogens (tertiary/aromatic N) is 4. The Morgan fingerprint density at radius 1 is 1.14 bits per heavy atom. The molecule has 0 unspecified atom stereocenters. The topological polar surface area (TPSA) is 79.8 Å². The van der Waals surface area contributed by atoms with Crippen molar-refractivity contribution in [3.05, 3.63) is 41.9 Å². The molecule has 1 aromatic heterocycles. The molecule has 150 valence electrons. The van der Waals surface area contributed by atoms with Crippen LogP contribution < -0.4 is 15.0 Å². The van der Waals surface area contributed by atoms with Crippen molar-refractivity contribution >= 4 is 17.4 Å². The fourth-order valence-electron chi connectivity index (χ4n) is 3.25. The van der Waals surface area contributed by atoms with Crippen LogP contribution in [0.4, 0.5) is 11.5 Å². The minimum Gasteiger partial charge on any atom is -0.495 e. The number of para-hydroxylation sites is 2. The van der Waals surface area contributed by atoms with Crippen molar-refractivity contribution in [2.75, 3.05) is 63.8 Å². The third-order valence-corrected chi connectivity index (χ3v) is 4.66. The van der Waals surface area contributed by atoms with E-state index in [9.17, 15) is 4.79 Å². The van der Waals surface area contributed by atoms with E-state index in [-0.39, 0.29) is 5.91 Å². The SMILES string of the molecule is COCCNc1cc(C(=O)N2CCN(c3ccccc3OC)CC2)nc(C)n1. The number of aryl methyl sites for hydroxylation is 1. The Hall–Kier alpha value is -2.87. The van der Waals surface area contributed by atoms with Gasteiger partial charge in [0, 0.05) is 45.9 Å². The number of anilines is 2. The highest BCUT2D eigenvalue weighted by atomic mass is 16.5. The third-order valence-electron chi connectivity index (χ3n) is 4.66. The van der Waals surface area contributed by atoms with Gasteiger partial charge in [-0.2, -0.15) is 0 Å². The maximum atomic E-state index is 12.9. The van der Waals surface area contributed by atoms with Gasteiger partial charge in [-0.05, 0) is 19.1 Å². The maximum absolute atomic E-state index is 12.9. The van der Waals surface area contributed by atoms with Crippen LogP contribution in [0.1, 0.15) is 16.3 Å². The van der Waals surface area contributed by atoms with Gasteiger partial charge in [-0.15, -0.1) is 0 Å². The number of hydrogen-bond acceptors (Lipinski definition) is 7. The molecule has 1 aromatic carbocycles. The molecule has 2 aromatic rings. The van der Waals surface area contributed by atoms with Crippen molar-refractivity contribution in [3.63, 3.8) is 0 Å². The summed E-state index contributed by atoms with van der Waals surface area (Å²) in [4.78, 5) is 25.7. The summed E-state index contributed by atoms with van der Waals surface area (Å²) in [5.41, 5.74) is 1.47. The van der Waals surface area contributed by atoms with Gasteiger partial charge in [0.1, 0.15) is 23.1 Å². The standard InChI is InChI=1S/C20H27N5O3/c1-15-22-16(14-19(23-15)21-8-13-27-2)20(26)25-11-9-24(10-12-25)17-6-4-5-7-18(17)28-3/h4-7,14H,8-13H2,1-3H3,(H,21,22,23). The predicted molar refractivity (Wildman–Crippen MR) is 108 cm³/mol. The quantitative estimate of drug-likeness (QED) is 0.728. The van der Waals surface area contributed by atoms with Crippen molar-refractivity contribution in [1.29, 1.82) is 0 Å². The summed E-state index contributed by atoms with van der Waals surface area (Å²) in [6.45, 7) is 5.73. The van der Waals surface area contributed by atoms with Crippen LogP contribution in [0.2, 0.25) is 0 Å². The van der Waals surface area contributed by atoms with E-state index >= 15 is 0 Å². The van der Waals surface area contributed by atoms with E-state index in [0.29, 0.717) is 43.6 Å². The lowest BCUT2D eigenvalue weighted by Crippen LogP contribution is -2.49. The lowest BCUT2D eigenvalue weighted by molar-refractivity contribution is 0.0740. The fourth-order valence-corrected chi connectivity index (χ4v) is 3.25. The molecule has 0 atom stereocenters. The van der Waals surface area contributed by atoms with Gasteiger partial charge in [-0.25, -0.2) is 9.97 Å². The number of methoxy groups -OCH3 is 2. The number of nitrogens with one attached hydrogen (secondary N) is 1. The Balaban J connectivity index is 1.65. The summed E-state index contributed by atoms with van der Waals surface area (Å²) >= 11 is 0. The van der Waals surface area contributed by atoms with Gasteiger partial charge in [0.15, 0.2) is 0 Å². The molecule has 1 aliphatic rings. The molecule has 2 heterocycles. The van der Waals surface area contributed by atoms with Crippen molar-refractivity contribution in [2.45, 2.75) is 6.92 Å². The molecule has 1 amide bonds. The van der Waals surface area contributed by atoms with Gasteiger partial charge in [-0.1, -0.05) is 12.1 Å². The van der Waals surface area contributed by atoms with E-state index in [4.69, 9.17) is 9.47 Å². The zero-order valence-corrected chi connectivity index (χ0v) is 16.6. The summed E-state index contributed by atoms with van der Waals surface area (Å²) < 4.78 is 10.5. The summed E-state index contributed by atoms with van der Waals surface area (Å²) in [6, 6.07) is 9.66. The predicted octanol–water partition coefficient (Wildman–Crippen LogP) is 1.81. The Morgan fingerprint density at radius 3 is 2.61 bits per heavy atom. The number of rotatable bonds is 7. The van der Waals surface area contributed by atoms with E-state index in [1.807, 2.05) is 29.2 Å². The van der Waals surface area contributed by atoms with Gasteiger partial charge in [-0.3, -0.25) is 4.79 Å². The smallest absolute Gasteiger partial charge is 0.272 e. The first-order chi connectivity index (χ1) is 13.6. The molecule has 0 radical (unpaired) electrons. The first-order valence-electron chi connectivity index (χ1n) is 9.38. The molecule has 0 bridgehead atoms. The van der Waals surface area contributed by atoms with Gasteiger partial charge < -0.3 is 24.6 Å². The van der Waals surface area contributed by atoms with Crippen molar-refractivity contribution in [3.8, 4) is 5.75 Å². The molecule has 1 fully saturated rings. The monoisotopic (exact) mass is 385 g/mol. The van der Waals surface area contributed by atoms with Gasteiger partial charge in [0.25, 0.3) is 5.91 Å². The number of aromatic nitrogens is 2. The molecule has 1 aliphatic heterocycles. The minimum absolute atomic E-state index is 0.0695. The first-order valence-corrected chi connectivity index (χ1v) is 9.38. The number of carbonyl (C=O) groups is 1. The zero-order valence-electron chi connectivity index (χ0n) is 16.6. The van der Waals surface area contributed by atoms with Crippen LogP contribution in [0.5, 0.6) is 5.75 Å². The average molecular weight is 385 g/mol. The Bertz CT molecular complexity index is 806. The van der Waals surface area contributed by atoms with E-state index in [1.165, 1.54) is 0 Å². The minimum atomic E-state index is -0.0695. The van der Waals surface area contributed by atoms with E-state index in [1.54, 1.807) is 27.2 Å². The molecule has 0 spiro atoms. The Labute approximate surface area is 165 Å². The van der Waals surface area contributed by atoms with Crippen LogP contribution in [0, 0.1) is 6.92 Å². The number of carbonyl (C=O) groups excluding carboxylic acids is 1. The second kappa shape index (κ2) is 9.36. The first kappa shape index (κ1) is 19.9. The van der Waals surface area contributed by atoms with Crippen molar-refractivity contribution < 1.29 is 14.3 Å². The lowest BCUT2D eigenvalue weighted by atomic mass is 10.2. The van der Waals surface area contributed by atoms with Crippen LogP contribution >= 0.6 is 0 Å². The number of piperazine rings is 1. The van der Waals surface area contributed by atoms with E-state index in [2.05, 4.69) is 20.2 Å². The third kappa shape index (κ3) is 4.69. The molecule has 0 saturated carbocycles. The zero-order chi connectivity index (χ0) is 19.9. The second-order valence-electron chi connectivity index (χ2n) is 6.56. The Kier molecular flexibility index (Phi) is 6.65. The molecule has 28 heavy (non-hydrogen) atoms. The van der Waals surface area contributed by atoms with Gasteiger partial charge >= 0.3 is 0 Å². The van der Waals surface area contributed by atoms with Crippen LogP contribution in [-0.2, 0) is 4.74 Å². The number of hydrogen-bond donors (Lipinski definition) is 1. The Morgan fingerprint density at radius 2 is 1.89 bits per heavy atom. The van der Waals surface area contributed by atoms with Gasteiger partial charge in [0.05, 0.1) is 19.4 Å². The van der Waals surface area contributed by atoms with Crippen LogP contribution in [0.3, 0.4) is 0 Å². The van der Waals surface area contributed by atoms with Crippen molar-refractivity contribution in [1.82, 2.24) is 14.9 Å². The summed E-state index contributed by atoms with van der Waals surface area (Å²) in [7, 11) is 3.32. The molecule has 1 saturated heterocycles. The molecular formula is C20H27N5O3. The molecule has 8 heteroatoms. The number of amides is 1. The number of ether oxygens (including phenoxy) is 2. The van der Waals surface area contributed by atoms with Crippen molar-refractivity contribution in [2.24, 2.45) is 0 Å². The van der Waals surface area contributed by atoms with E-state index in [0.717, 1.165) is 24.5 Å². The highest BCUT2D eigenvalue weighted by molar-refractivity contribution is 5.93. The fraction of sp³-hybridized carbons (Fsp3) is 0.450. The molecule has 8 nitrogen and oxygen atoms in total. The van der Waals surface area contributed by atoms with Gasteiger partial charge in [0.2, 0.25) is 0 Å². The summed E-state index contributed by atoms with van der Waals surface area (Å²) in [5.74, 6) is 1.99. The molecular weight excluding hydrogens is 358 g/mol. The number of benzene rings is 1. The lowest BCUT2D eigenvalue weighted by Gasteiger charge is -2.36. The van der Waals surface area contributed by atoms with Crippen LogP contribution in [0.15, 0.2) is 30.3 Å².